The van der Waals surface area contributed by atoms with Crippen LogP contribution in [0.2, 0.25) is 0 Å². The molecule has 38 heteroatoms. The van der Waals surface area contributed by atoms with Crippen molar-refractivity contribution in [3.8, 4) is 0 Å². The first kappa shape index (κ1) is 79.9. The first-order valence-corrected chi connectivity index (χ1v) is 30.0. The van der Waals surface area contributed by atoms with E-state index in [0.29, 0.717) is 6.42 Å². The average Bonchev–Trinajstić information content (AvgIpc) is 1.81. The summed E-state index contributed by atoms with van der Waals surface area (Å²) in [7, 11) is 0. The average molecular weight is 1330 g/mol. The Morgan fingerprint density at radius 3 is 1.31 bits per heavy atom. The first-order valence-electron chi connectivity index (χ1n) is 30.0. The predicted molar refractivity (Wildman–Crippen MR) is 319 cm³/mol. The lowest BCUT2D eigenvalue weighted by Gasteiger charge is -2.30. The number of aliphatic hydroxyl groups is 3. The summed E-state index contributed by atoms with van der Waals surface area (Å²) in [5, 5.41) is 74.5. The molecule has 0 unspecified atom stereocenters. The van der Waals surface area contributed by atoms with Crippen LogP contribution < -0.4 is 75.7 Å². The topological polar surface area (TPSA) is 608 Å². The number of aliphatic carboxylic acids is 2. The Balaban J connectivity index is 2.19. The Morgan fingerprint density at radius 1 is 0.462 bits per heavy atom. The molecule has 0 saturated carbocycles. The van der Waals surface area contributed by atoms with E-state index in [4.69, 9.17) is 17.2 Å². The van der Waals surface area contributed by atoms with Gasteiger partial charge >= 0.3 is 11.9 Å². The zero-order valence-corrected chi connectivity index (χ0v) is 52.8. The number of carboxylic acids is 2. The number of primary amides is 2. The van der Waals surface area contributed by atoms with Gasteiger partial charge in [0.25, 0.3) is 0 Å². The number of rotatable bonds is 39. The number of aliphatic hydroxyl groups excluding tert-OH is 3. The van der Waals surface area contributed by atoms with Crippen molar-refractivity contribution in [3.05, 3.63) is 0 Å². The zero-order valence-electron chi connectivity index (χ0n) is 52.8. The summed E-state index contributed by atoms with van der Waals surface area (Å²) >= 11 is 0. The molecule has 2 aliphatic rings. The van der Waals surface area contributed by atoms with Crippen LogP contribution in [0.3, 0.4) is 0 Å². The molecule has 13 atom stereocenters. The van der Waals surface area contributed by atoms with Crippen molar-refractivity contribution < 1.29 is 107 Å². The summed E-state index contributed by atoms with van der Waals surface area (Å²) in [6, 6.07) is -19.8. The molecule has 2 heterocycles. The second-order valence-electron chi connectivity index (χ2n) is 23.2. The largest absolute Gasteiger partial charge is 0.481 e. The molecular weight excluding hydrogens is 1240 g/mol. The Hall–Kier alpha value is -9.17. The maximum Gasteiger partial charge on any atom is 0.305 e. The molecule has 0 aliphatic carbocycles. The zero-order chi connectivity index (χ0) is 70.7. The normalized spacial score (nSPS) is 17.9. The molecule has 0 spiro atoms. The van der Waals surface area contributed by atoms with Gasteiger partial charge in [0.15, 0.2) is 0 Å². The number of hydrogen-bond acceptors (Lipinski definition) is 21. The summed E-state index contributed by atoms with van der Waals surface area (Å²) in [4.78, 5) is 223. The van der Waals surface area contributed by atoms with Crippen LogP contribution in [0.5, 0.6) is 0 Å². The van der Waals surface area contributed by atoms with Crippen molar-refractivity contribution in [2.45, 2.75) is 191 Å². The van der Waals surface area contributed by atoms with Crippen LogP contribution in [0.1, 0.15) is 113 Å². The number of nitrogens with one attached hydrogen (secondary N) is 11. The number of nitrogens with zero attached hydrogens (tertiary/aromatic N) is 2. The van der Waals surface area contributed by atoms with Crippen LogP contribution in [0.15, 0.2) is 0 Å². The summed E-state index contributed by atoms with van der Waals surface area (Å²) in [6.07, 6.45) is -3.11. The van der Waals surface area contributed by atoms with Gasteiger partial charge in [-0.1, -0.05) is 27.7 Å². The Kier molecular flexibility index (Phi) is 33.2. The molecule has 2 rings (SSSR count). The molecule has 0 bridgehead atoms. The van der Waals surface area contributed by atoms with E-state index in [1.54, 1.807) is 27.7 Å². The van der Waals surface area contributed by atoms with Gasteiger partial charge in [-0.25, -0.2) is 0 Å². The SMILES string of the molecule is CC(C)C[C@H](NC(=O)[C@@H]1CCCN1C(=O)[C@H](CO)NC(=O)[C@H](C)NC(=O)[C@H](CCC(=O)O)NC(=O)[C@H](CC(=O)O)NC(=O)[C@H](CCC(N)=O)NC(=O)[C@H](C)NC(=O)[C@H](CO)NC(=O)[C@@H]1CCCN1C(=O)[C@H](CO)NC(=O)CNC(=O)[C@@H](NC(=O)[C@H](C)N)C(C)C)C(N)=O. The highest BCUT2D eigenvalue weighted by molar-refractivity contribution is 6.00. The van der Waals surface area contributed by atoms with Gasteiger partial charge in [-0.15, -0.1) is 0 Å². The Morgan fingerprint density at radius 2 is 0.882 bits per heavy atom. The highest BCUT2D eigenvalue weighted by atomic mass is 16.4. The van der Waals surface area contributed by atoms with Gasteiger partial charge in [-0.05, 0) is 77.6 Å². The van der Waals surface area contributed by atoms with Gasteiger partial charge in [0.1, 0.15) is 72.5 Å². The molecule has 38 nitrogen and oxygen atoms in total. The number of carbonyl (C=O) groups is 17. The molecule has 2 aliphatic heterocycles. The van der Waals surface area contributed by atoms with Crippen LogP contribution in [0.4, 0.5) is 0 Å². The molecule has 522 valence electrons. The molecule has 93 heavy (non-hydrogen) atoms. The highest BCUT2D eigenvalue weighted by Gasteiger charge is 2.42. The second kappa shape index (κ2) is 38.6. The van der Waals surface area contributed by atoms with Crippen LogP contribution in [0.25, 0.3) is 0 Å². The molecular formula is C55H90N16O22. The van der Waals surface area contributed by atoms with Crippen LogP contribution in [-0.4, -0.2) is 254 Å². The molecule has 0 radical (unpaired) electrons. The van der Waals surface area contributed by atoms with Crippen molar-refractivity contribution >= 4 is 101 Å². The minimum atomic E-state index is -2.13. The molecule has 22 N–H and O–H groups in total. The predicted octanol–water partition coefficient (Wildman–Crippen LogP) is -9.91. The number of carboxylic acid groups (broad SMARTS) is 2. The lowest BCUT2D eigenvalue weighted by molar-refractivity contribution is -0.143. The summed E-state index contributed by atoms with van der Waals surface area (Å²) < 4.78 is 0. The maximum absolute atomic E-state index is 13.8. The number of carbonyl (C=O) groups excluding carboxylic acids is 15. The third-order valence-corrected chi connectivity index (χ3v) is 14.7. The number of hydrogen-bond donors (Lipinski definition) is 19. The van der Waals surface area contributed by atoms with E-state index in [9.17, 15) is 107 Å². The molecule has 2 fully saturated rings. The maximum atomic E-state index is 13.8. The van der Waals surface area contributed by atoms with Gasteiger partial charge < -0.3 is 111 Å². The highest BCUT2D eigenvalue weighted by Crippen LogP contribution is 2.21. The summed E-state index contributed by atoms with van der Waals surface area (Å²) in [6.45, 7) is 6.60. The molecule has 0 aromatic rings. The molecule has 2 saturated heterocycles. The van der Waals surface area contributed by atoms with E-state index >= 15 is 0 Å². The monoisotopic (exact) mass is 1330 g/mol. The van der Waals surface area contributed by atoms with Crippen LogP contribution in [0, 0.1) is 11.8 Å². The lowest BCUT2D eigenvalue weighted by atomic mass is 10.0. The minimum Gasteiger partial charge on any atom is -0.481 e. The van der Waals surface area contributed by atoms with Gasteiger partial charge in [-0.2, -0.15) is 0 Å². The Bertz CT molecular complexity index is 2750. The third-order valence-electron chi connectivity index (χ3n) is 14.7. The number of amides is 15. The van der Waals surface area contributed by atoms with Crippen molar-refractivity contribution in [2.24, 2.45) is 29.0 Å². The Labute approximate surface area is 534 Å². The van der Waals surface area contributed by atoms with E-state index in [1.165, 1.54) is 6.92 Å². The van der Waals surface area contributed by atoms with Gasteiger partial charge in [0.05, 0.1) is 38.8 Å². The smallest absolute Gasteiger partial charge is 0.305 e. The standard InChI is InChI=1S/C55H90N16O22/c1-24(2)18-31(43(58)81)65-51(89)36-10-8-17-71(36)55(93)35(23-74)68-46(84)28(7)60-47(85)30(13-15-40(77)78)64-49(87)32(19-41(79)80)66-48(86)29(12-14-38(57)75)63-45(83)27(6)61-50(88)33(21-72)67-52(90)37-11-9-16-70(37)54(92)34(22-73)62-39(76)20-59-53(91)42(25(3)4)69-44(82)26(5)56/h24-37,42,72-74H,8-23,56H2,1-7H3,(H2,57,75)(H2,58,81)(H,59,91)(H,60,85)(H,61,88)(H,62,76)(H,63,83)(H,64,87)(H,65,89)(H,66,86)(H,67,90)(H,68,84)(H,69,82)(H,77,78)(H,79,80)/t26-,27-,28-,29-,30-,31-,32-,33-,34-,35-,36-,37-,42-/m0/s1. The second-order valence-corrected chi connectivity index (χ2v) is 23.2. The lowest BCUT2D eigenvalue weighted by Crippen LogP contribution is -2.61. The molecule has 0 aromatic carbocycles. The molecule has 15 amide bonds. The van der Waals surface area contributed by atoms with Crippen LogP contribution >= 0.6 is 0 Å². The van der Waals surface area contributed by atoms with E-state index in [-0.39, 0.29) is 44.7 Å². The fraction of sp³-hybridized carbons (Fsp3) is 0.691. The van der Waals surface area contributed by atoms with Crippen molar-refractivity contribution in [1.29, 1.82) is 0 Å². The van der Waals surface area contributed by atoms with Crippen molar-refractivity contribution in [2.75, 3.05) is 39.5 Å². The summed E-state index contributed by atoms with van der Waals surface area (Å²) in [5.41, 5.74) is 16.3. The first-order chi connectivity index (χ1) is 43.5. The minimum absolute atomic E-state index is 0.000668. The van der Waals surface area contributed by atoms with E-state index in [1.807, 2.05) is 0 Å². The van der Waals surface area contributed by atoms with Gasteiger partial charge in [-0.3, -0.25) is 81.5 Å². The van der Waals surface area contributed by atoms with Crippen molar-refractivity contribution in [3.63, 3.8) is 0 Å². The van der Waals surface area contributed by atoms with Gasteiger partial charge in [0, 0.05) is 25.9 Å². The van der Waals surface area contributed by atoms with E-state index in [2.05, 4.69) is 58.5 Å². The third kappa shape index (κ3) is 26.2. The van der Waals surface area contributed by atoms with E-state index in [0.717, 1.165) is 23.6 Å². The fourth-order valence-corrected chi connectivity index (χ4v) is 9.54. The summed E-state index contributed by atoms with van der Waals surface area (Å²) in [5.74, 6) is -18.9. The van der Waals surface area contributed by atoms with Gasteiger partial charge in [0.2, 0.25) is 88.6 Å². The fourth-order valence-electron chi connectivity index (χ4n) is 9.54. The van der Waals surface area contributed by atoms with Crippen LogP contribution in [-0.2, 0) is 81.5 Å². The molecule has 0 aromatic heterocycles. The quantitative estimate of drug-likeness (QED) is 0.0272. The number of nitrogens with two attached hydrogens (primary N) is 3. The van der Waals surface area contributed by atoms with E-state index < -0.39 is 243 Å². The number of likely N-dealkylation sites (tertiary alicyclic amines) is 2. The van der Waals surface area contributed by atoms with Crippen molar-refractivity contribution in [1.82, 2.24) is 68.3 Å².